The van der Waals surface area contributed by atoms with Crippen molar-refractivity contribution in [1.82, 2.24) is 14.8 Å². The zero-order chi connectivity index (χ0) is 15.5. The maximum Gasteiger partial charge on any atom is 0.0988 e. The number of rotatable bonds is 4. The van der Waals surface area contributed by atoms with E-state index in [4.69, 9.17) is 0 Å². The largest absolute Gasteiger partial charge is 0.381 e. The maximum absolute atomic E-state index is 4.55. The van der Waals surface area contributed by atoms with Crippen molar-refractivity contribution in [1.29, 1.82) is 0 Å². The molecule has 3 rings (SSSR count). The van der Waals surface area contributed by atoms with Crippen molar-refractivity contribution in [3.8, 4) is 11.3 Å². The van der Waals surface area contributed by atoms with Gasteiger partial charge in [-0.3, -0.25) is 9.67 Å². The summed E-state index contributed by atoms with van der Waals surface area (Å²) in [6.07, 6.45) is 5.66. The average molecular weight is 357 g/mol. The Bertz CT molecular complexity index is 781. The third-order valence-corrected chi connectivity index (χ3v) is 4.37. The first-order chi connectivity index (χ1) is 10.6. The van der Waals surface area contributed by atoms with Crippen LogP contribution in [0.15, 0.2) is 53.4 Å². The summed E-state index contributed by atoms with van der Waals surface area (Å²) < 4.78 is 2.96. The SMILES string of the molecule is Cc1cc(NCc2cn(C)nc2-c2cccnc2)ccc1Br. The molecule has 22 heavy (non-hydrogen) atoms. The molecule has 0 aliphatic heterocycles. The van der Waals surface area contributed by atoms with E-state index in [0.717, 1.165) is 33.5 Å². The van der Waals surface area contributed by atoms with Crippen LogP contribution in [0.1, 0.15) is 11.1 Å². The number of halogens is 1. The molecule has 1 aromatic carbocycles. The molecule has 1 N–H and O–H groups in total. The number of aryl methyl sites for hydroxylation is 2. The van der Waals surface area contributed by atoms with Crippen molar-refractivity contribution >= 4 is 21.6 Å². The molecule has 112 valence electrons. The zero-order valence-electron chi connectivity index (χ0n) is 12.5. The van der Waals surface area contributed by atoms with Gasteiger partial charge in [-0.05, 0) is 42.8 Å². The van der Waals surface area contributed by atoms with Gasteiger partial charge in [0.15, 0.2) is 0 Å². The number of benzene rings is 1. The maximum atomic E-state index is 4.55. The predicted molar refractivity (Wildman–Crippen MR) is 92.6 cm³/mol. The smallest absolute Gasteiger partial charge is 0.0988 e. The van der Waals surface area contributed by atoms with Gasteiger partial charge >= 0.3 is 0 Å². The van der Waals surface area contributed by atoms with Gasteiger partial charge < -0.3 is 5.32 Å². The second-order valence-corrected chi connectivity index (χ2v) is 6.09. The Kier molecular flexibility index (Phi) is 4.24. The molecule has 0 amide bonds. The first-order valence-electron chi connectivity index (χ1n) is 7.06. The molecule has 2 aromatic heterocycles. The number of nitrogens with one attached hydrogen (secondary N) is 1. The van der Waals surface area contributed by atoms with Gasteiger partial charge in [0, 0.05) is 53.5 Å². The average Bonchev–Trinajstić information content (AvgIpc) is 2.90. The molecule has 0 radical (unpaired) electrons. The van der Waals surface area contributed by atoms with Crippen LogP contribution < -0.4 is 5.32 Å². The van der Waals surface area contributed by atoms with E-state index in [-0.39, 0.29) is 0 Å². The molecule has 2 heterocycles. The Hall–Kier alpha value is -2.14. The number of hydrogen-bond donors (Lipinski definition) is 1. The van der Waals surface area contributed by atoms with Crippen LogP contribution in [0.3, 0.4) is 0 Å². The molecule has 0 spiro atoms. The van der Waals surface area contributed by atoms with Crippen LogP contribution in [0.2, 0.25) is 0 Å². The molecule has 0 fully saturated rings. The Morgan fingerprint density at radius 2 is 2.14 bits per heavy atom. The fourth-order valence-corrected chi connectivity index (χ4v) is 2.61. The minimum absolute atomic E-state index is 0.721. The van der Waals surface area contributed by atoms with Crippen LogP contribution in [-0.2, 0) is 13.6 Å². The van der Waals surface area contributed by atoms with Crippen molar-refractivity contribution in [3.63, 3.8) is 0 Å². The molecule has 4 nitrogen and oxygen atoms in total. The molecular weight excluding hydrogens is 340 g/mol. The van der Waals surface area contributed by atoms with Crippen molar-refractivity contribution in [2.75, 3.05) is 5.32 Å². The summed E-state index contributed by atoms with van der Waals surface area (Å²) in [6.45, 7) is 2.81. The highest BCUT2D eigenvalue weighted by molar-refractivity contribution is 9.10. The van der Waals surface area contributed by atoms with E-state index in [1.807, 2.05) is 36.3 Å². The standard InChI is InChI=1S/C17H17BrN4/c1-12-8-15(5-6-16(12)18)20-10-14-11-22(2)21-17(14)13-4-3-7-19-9-13/h3-9,11,20H,10H2,1-2H3. The number of hydrogen-bond acceptors (Lipinski definition) is 3. The first kappa shape index (κ1) is 14.8. The van der Waals surface area contributed by atoms with Gasteiger partial charge in [-0.25, -0.2) is 0 Å². The van der Waals surface area contributed by atoms with E-state index in [1.165, 1.54) is 5.56 Å². The second-order valence-electron chi connectivity index (χ2n) is 5.24. The quantitative estimate of drug-likeness (QED) is 0.762. The number of nitrogens with zero attached hydrogens (tertiary/aromatic N) is 3. The number of pyridine rings is 1. The lowest BCUT2D eigenvalue weighted by molar-refractivity contribution is 0.770. The summed E-state index contributed by atoms with van der Waals surface area (Å²) >= 11 is 3.52. The summed E-state index contributed by atoms with van der Waals surface area (Å²) in [7, 11) is 1.94. The van der Waals surface area contributed by atoms with Crippen molar-refractivity contribution in [2.45, 2.75) is 13.5 Å². The second kappa shape index (κ2) is 6.32. The van der Waals surface area contributed by atoms with E-state index in [0.29, 0.717) is 0 Å². The zero-order valence-corrected chi connectivity index (χ0v) is 14.1. The highest BCUT2D eigenvalue weighted by Gasteiger charge is 2.10. The van der Waals surface area contributed by atoms with Crippen LogP contribution in [0, 0.1) is 6.92 Å². The molecule has 0 unspecified atom stereocenters. The van der Waals surface area contributed by atoms with E-state index in [9.17, 15) is 0 Å². The highest BCUT2D eigenvalue weighted by atomic mass is 79.9. The predicted octanol–water partition coefficient (Wildman–Crippen LogP) is 4.17. The number of aromatic nitrogens is 3. The van der Waals surface area contributed by atoms with Crippen LogP contribution in [0.25, 0.3) is 11.3 Å². The summed E-state index contributed by atoms with van der Waals surface area (Å²) in [5.41, 5.74) is 5.46. The third kappa shape index (κ3) is 3.20. The highest BCUT2D eigenvalue weighted by Crippen LogP contribution is 2.23. The van der Waals surface area contributed by atoms with Gasteiger partial charge in [-0.2, -0.15) is 5.10 Å². The van der Waals surface area contributed by atoms with Crippen LogP contribution in [-0.4, -0.2) is 14.8 Å². The molecule has 3 aromatic rings. The first-order valence-corrected chi connectivity index (χ1v) is 7.86. The van der Waals surface area contributed by atoms with Crippen LogP contribution >= 0.6 is 15.9 Å². The Morgan fingerprint density at radius 3 is 2.86 bits per heavy atom. The molecule has 0 aliphatic rings. The minimum Gasteiger partial charge on any atom is -0.381 e. The summed E-state index contributed by atoms with van der Waals surface area (Å²) in [4.78, 5) is 4.18. The monoisotopic (exact) mass is 356 g/mol. The molecular formula is C17H17BrN4. The molecule has 0 aliphatic carbocycles. The van der Waals surface area contributed by atoms with Gasteiger partial charge in [0.1, 0.15) is 0 Å². The Morgan fingerprint density at radius 1 is 1.27 bits per heavy atom. The van der Waals surface area contributed by atoms with E-state index in [1.54, 1.807) is 6.20 Å². The summed E-state index contributed by atoms with van der Waals surface area (Å²) in [5, 5.41) is 8.01. The third-order valence-electron chi connectivity index (χ3n) is 3.48. The lowest BCUT2D eigenvalue weighted by Gasteiger charge is -2.08. The molecule has 5 heteroatoms. The van der Waals surface area contributed by atoms with Crippen molar-refractivity contribution in [2.24, 2.45) is 7.05 Å². The van der Waals surface area contributed by atoms with Gasteiger partial charge in [0.2, 0.25) is 0 Å². The number of anilines is 1. The lowest BCUT2D eigenvalue weighted by Crippen LogP contribution is -2.00. The van der Waals surface area contributed by atoms with Crippen molar-refractivity contribution in [3.05, 3.63) is 64.5 Å². The molecule has 0 saturated carbocycles. The fraction of sp³-hybridized carbons (Fsp3) is 0.176. The van der Waals surface area contributed by atoms with Crippen LogP contribution in [0.4, 0.5) is 5.69 Å². The van der Waals surface area contributed by atoms with Gasteiger partial charge in [-0.1, -0.05) is 15.9 Å². The fourth-order valence-electron chi connectivity index (χ4n) is 2.36. The van der Waals surface area contributed by atoms with Gasteiger partial charge in [0.05, 0.1) is 5.69 Å². The molecule has 0 bridgehead atoms. The van der Waals surface area contributed by atoms with Gasteiger partial charge in [0.25, 0.3) is 0 Å². The minimum atomic E-state index is 0.721. The molecule has 0 saturated heterocycles. The Balaban J connectivity index is 1.82. The van der Waals surface area contributed by atoms with Gasteiger partial charge in [-0.15, -0.1) is 0 Å². The summed E-state index contributed by atoms with van der Waals surface area (Å²) in [6, 6.07) is 10.2. The van der Waals surface area contributed by atoms with E-state index in [2.05, 4.69) is 56.5 Å². The topological polar surface area (TPSA) is 42.7 Å². The summed E-state index contributed by atoms with van der Waals surface area (Å²) in [5.74, 6) is 0. The van der Waals surface area contributed by atoms with E-state index >= 15 is 0 Å². The Labute approximate surface area is 138 Å². The molecule has 0 atom stereocenters. The van der Waals surface area contributed by atoms with Crippen LogP contribution in [0.5, 0.6) is 0 Å². The van der Waals surface area contributed by atoms with E-state index < -0.39 is 0 Å². The van der Waals surface area contributed by atoms with Crippen molar-refractivity contribution < 1.29 is 0 Å². The normalized spacial score (nSPS) is 10.7. The lowest BCUT2D eigenvalue weighted by atomic mass is 10.1.